The molecule has 5 aromatic heterocycles. The molecule has 0 saturated heterocycles. The molecule has 0 aliphatic heterocycles. The second-order valence-corrected chi connectivity index (χ2v) is 18.6. The van der Waals surface area contributed by atoms with Crippen molar-refractivity contribution in [2.45, 2.75) is 70.0 Å². The lowest BCUT2D eigenvalue weighted by molar-refractivity contribution is -0.117. The Bertz CT molecular complexity index is 3010. The van der Waals surface area contributed by atoms with Gasteiger partial charge in [-0.2, -0.15) is 9.49 Å². The number of sulfone groups is 1. The van der Waals surface area contributed by atoms with Crippen LogP contribution in [-0.4, -0.2) is 74.0 Å². The van der Waals surface area contributed by atoms with Gasteiger partial charge in [0.25, 0.3) is 0 Å². The maximum absolute atomic E-state index is 14.5. The van der Waals surface area contributed by atoms with E-state index in [0.717, 1.165) is 31.9 Å². The molecule has 2 aliphatic carbocycles. The summed E-state index contributed by atoms with van der Waals surface area (Å²) in [7, 11) is -0.309. The van der Waals surface area contributed by atoms with Gasteiger partial charge in [-0.15, -0.1) is 0 Å². The third kappa shape index (κ3) is 11.2. The third-order valence-corrected chi connectivity index (χ3v) is 11.5. The number of para-hydroxylation sites is 1. The van der Waals surface area contributed by atoms with Crippen molar-refractivity contribution < 1.29 is 36.0 Å². The van der Waals surface area contributed by atoms with E-state index >= 15 is 0 Å². The van der Waals surface area contributed by atoms with Crippen molar-refractivity contribution in [3.05, 3.63) is 102 Å². The highest BCUT2D eigenvalue weighted by atomic mass is 32.2. The first kappa shape index (κ1) is 41.8. The maximum Gasteiger partial charge on any atom is 0.228 e. The largest absolute Gasteiger partial charge is 0.494 e. The molecule has 8 rings (SSSR count). The maximum atomic E-state index is 14.5. The molecule has 5 heterocycles. The number of amides is 1. The summed E-state index contributed by atoms with van der Waals surface area (Å²) in [6.45, 7) is 3.27. The quantitative estimate of drug-likeness (QED) is 0.0561. The van der Waals surface area contributed by atoms with Gasteiger partial charge in [0.1, 0.15) is 34.5 Å². The SMILES string of the molecule is CC(C)(C)c1ccc(Nc2cc(Nc3ncccc3S(C)(=O)=O)c(C(=O)C3CC3)cn2)nc1F.[2H]C([2H])([2H])CC(=O)c1cnc(NC(=O)C2CC2)cc1Nc1cccc(-c2ncn(C)n2)c1OC. The van der Waals surface area contributed by atoms with Crippen molar-refractivity contribution >= 4 is 67.6 Å². The first-order valence-electron chi connectivity index (χ1n) is 22.1. The van der Waals surface area contributed by atoms with Crippen molar-refractivity contribution in [2.24, 2.45) is 18.9 Å². The normalized spacial score (nSPS) is 14.4. The standard InChI is InChI=1S/C24H26FN5O3S.C22H24N6O3/c1-24(2,3)16-9-10-19(30-22(16)25)29-20-12-17(15(13-27-20)21(31)14-7-8-14)28-23-18(34(4,32)33)6-5-11-26-23;1-4-18(29)15-11-23-19(26-22(30)13-8-9-13)10-17(15)25-16-7-5-6-14(20(16)31-3)21-24-12-28(2)27-21/h5-6,9-14H,7-8H2,1-4H3,(H2,26,27,28,29,30);5-7,10-13H,4,8-9H2,1-3H3,(H2,23,25,26,30)/i;1D3. The van der Waals surface area contributed by atoms with Crippen LogP contribution in [0.2, 0.25) is 0 Å². The first-order valence-corrected chi connectivity index (χ1v) is 22.5. The van der Waals surface area contributed by atoms with E-state index in [-0.39, 0.29) is 51.4 Å². The van der Waals surface area contributed by atoms with Gasteiger partial charge in [0, 0.05) is 72.0 Å². The fourth-order valence-corrected chi connectivity index (χ4v) is 7.43. The second-order valence-electron chi connectivity index (χ2n) is 16.6. The number of hydrogen-bond donors (Lipinski definition) is 4. The molecule has 1 aromatic carbocycles. The second kappa shape index (κ2) is 18.9. The van der Waals surface area contributed by atoms with Crippen LogP contribution in [0, 0.1) is 17.8 Å². The molecular weight excluding hydrogens is 854 g/mol. The van der Waals surface area contributed by atoms with E-state index in [0.29, 0.717) is 51.1 Å². The van der Waals surface area contributed by atoms with Gasteiger partial charge >= 0.3 is 0 Å². The van der Waals surface area contributed by atoms with Crippen molar-refractivity contribution in [1.29, 1.82) is 0 Å². The molecule has 0 atom stereocenters. The number of hydrogen-bond acceptors (Lipinski definition) is 15. The highest BCUT2D eigenvalue weighted by molar-refractivity contribution is 7.90. The molecule has 0 spiro atoms. The van der Waals surface area contributed by atoms with Crippen LogP contribution in [0.15, 0.2) is 84.4 Å². The number of aryl methyl sites for hydroxylation is 1. The summed E-state index contributed by atoms with van der Waals surface area (Å²) in [5, 5.41) is 16.2. The van der Waals surface area contributed by atoms with Gasteiger partial charge in [0.2, 0.25) is 11.9 Å². The van der Waals surface area contributed by atoms with Gasteiger partial charge in [-0.25, -0.2) is 33.3 Å². The Morgan fingerprint density at radius 1 is 0.862 bits per heavy atom. The molecule has 19 heteroatoms. The van der Waals surface area contributed by atoms with Gasteiger partial charge in [-0.3, -0.25) is 19.1 Å². The molecule has 0 unspecified atom stereocenters. The molecule has 338 valence electrons. The number of ketones is 2. The number of aromatic nitrogens is 7. The summed E-state index contributed by atoms with van der Waals surface area (Å²) in [5.74, 6) is 0.311. The average Bonchev–Trinajstić information content (AvgIpc) is 4.21. The number of rotatable bonds is 15. The minimum absolute atomic E-state index is 0.00708. The summed E-state index contributed by atoms with van der Waals surface area (Å²) in [5.41, 5.74) is 2.28. The van der Waals surface area contributed by atoms with Crippen molar-refractivity contribution in [2.75, 3.05) is 34.6 Å². The molecule has 6 aromatic rings. The number of carbonyl (C=O) groups is 3. The van der Waals surface area contributed by atoms with Gasteiger partial charge in [-0.05, 0) is 61.4 Å². The zero-order valence-electron chi connectivity index (χ0n) is 39.6. The Morgan fingerprint density at radius 2 is 1.57 bits per heavy atom. The van der Waals surface area contributed by atoms with Crippen LogP contribution in [0.1, 0.15) is 90.1 Å². The predicted octanol–water partition coefficient (Wildman–Crippen LogP) is 8.36. The fourth-order valence-electron chi connectivity index (χ4n) is 6.65. The van der Waals surface area contributed by atoms with Crippen LogP contribution >= 0.6 is 0 Å². The molecule has 0 bridgehead atoms. The van der Waals surface area contributed by atoms with E-state index in [9.17, 15) is 27.2 Å². The van der Waals surface area contributed by atoms with Crippen LogP contribution in [0.3, 0.4) is 0 Å². The molecule has 2 saturated carbocycles. The Hall–Kier alpha value is -7.15. The molecular formula is C46H50FN11O6S. The summed E-state index contributed by atoms with van der Waals surface area (Å²) >= 11 is 0. The molecule has 2 fully saturated rings. The van der Waals surface area contributed by atoms with E-state index in [1.54, 1.807) is 54.5 Å². The monoisotopic (exact) mass is 906 g/mol. The van der Waals surface area contributed by atoms with Crippen LogP contribution in [0.4, 0.5) is 44.7 Å². The summed E-state index contributed by atoms with van der Waals surface area (Å²) in [6.07, 6.45) is 9.44. The molecule has 1 amide bonds. The van der Waals surface area contributed by atoms with Gasteiger partial charge in [-0.1, -0.05) is 39.8 Å². The molecule has 4 N–H and O–H groups in total. The number of pyridine rings is 4. The molecule has 0 radical (unpaired) electrons. The molecule has 2 aliphatic rings. The predicted molar refractivity (Wildman–Crippen MR) is 245 cm³/mol. The third-order valence-electron chi connectivity index (χ3n) is 10.3. The number of benzene rings is 1. The lowest BCUT2D eigenvalue weighted by Gasteiger charge is -2.19. The first-order chi connectivity index (χ1) is 32.1. The zero-order chi connectivity index (χ0) is 49.1. The summed E-state index contributed by atoms with van der Waals surface area (Å²) in [4.78, 5) is 58.7. The number of Topliss-reactive ketones (excluding diaryl/α,β-unsaturated/α-hetero) is 2. The Kier molecular flexibility index (Phi) is 12.2. The van der Waals surface area contributed by atoms with Gasteiger partial charge in [0.15, 0.2) is 33.0 Å². The van der Waals surface area contributed by atoms with E-state index in [4.69, 9.17) is 8.85 Å². The fraction of sp³-hybridized carbons (Fsp3) is 0.326. The minimum atomic E-state index is -3.56. The van der Waals surface area contributed by atoms with Crippen molar-refractivity contribution in [3.63, 3.8) is 0 Å². The molecule has 17 nitrogen and oxygen atoms in total. The Balaban J connectivity index is 0.000000201. The number of anilines is 7. The van der Waals surface area contributed by atoms with E-state index in [1.807, 2.05) is 20.8 Å². The highest BCUT2D eigenvalue weighted by Crippen LogP contribution is 2.39. The molecule has 65 heavy (non-hydrogen) atoms. The number of nitrogens with zero attached hydrogens (tertiary/aromatic N) is 7. The smallest absolute Gasteiger partial charge is 0.228 e. The van der Waals surface area contributed by atoms with Crippen LogP contribution in [-0.2, 0) is 27.1 Å². The van der Waals surface area contributed by atoms with Gasteiger partial charge < -0.3 is 26.0 Å². The van der Waals surface area contributed by atoms with E-state index < -0.39 is 40.3 Å². The summed E-state index contributed by atoms with van der Waals surface area (Å²) < 4.78 is 68.5. The van der Waals surface area contributed by atoms with Crippen LogP contribution in [0.5, 0.6) is 5.75 Å². The number of methoxy groups -OCH3 is 1. The van der Waals surface area contributed by atoms with E-state index in [1.165, 1.54) is 43.9 Å². The Morgan fingerprint density at radius 3 is 2.22 bits per heavy atom. The van der Waals surface area contributed by atoms with Crippen molar-refractivity contribution in [3.8, 4) is 17.1 Å². The lowest BCUT2D eigenvalue weighted by atomic mass is 9.88. The minimum Gasteiger partial charge on any atom is -0.494 e. The van der Waals surface area contributed by atoms with Crippen LogP contribution in [0.25, 0.3) is 11.4 Å². The van der Waals surface area contributed by atoms with Gasteiger partial charge in [0.05, 0.1) is 40.9 Å². The number of nitrogens with one attached hydrogen (secondary N) is 4. The topological polar surface area (TPSA) is 225 Å². The number of carbonyl (C=O) groups excluding carboxylic acids is 3. The number of ether oxygens (including phenoxy) is 1. The zero-order valence-corrected chi connectivity index (χ0v) is 37.4. The number of halogens is 1. The Labute approximate surface area is 380 Å². The lowest BCUT2D eigenvalue weighted by Crippen LogP contribution is -2.15. The van der Waals surface area contributed by atoms with Crippen LogP contribution < -0.4 is 26.0 Å². The highest BCUT2D eigenvalue weighted by Gasteiger charge is 2.33. The summed E-state index contributed by atoms with van der Waals surface area (Å²) in [6, 6.07) is 14.7. The van der Waals surface area contributed by atoms with Crippen molar-refractivity contribution in [1.82, 2.24) is 34.7 Å². The van der Waals surface area contributed by atoms with E-state index in [2.05, 4.69) is 51.3 Å². The average molecular weight is 907 g/mol.